The maximum Gasteiger partial charge on any atom is 0.266 e. The van der Waals surface area contributed by atoms with E-state index >= 15 is 0 Å². The number of anilines is 2. The number of fused-ring (bicyclic) bond motifs is 1. The Bertz CT molecular complexity index is 1190. The third-order valence-electron chi connectivity index (χ3n) is 6.55. The first-order chi connectivity index (χ1) is 16.1. The van der Waals surface area contributed by atoms with Gasteiger partial charge in [0.1, 0.15) is 11.6 Å². The topological polar surface area (TPSA) is 57.6 Å². The molecule has 0 spiro atoms. The van der Waals surface area contributed by atoms with Gasteiger partial charge in [0.15, 0.2) is 0 Å². The molecule has 8 heteroatoms. The Kier molecular flexibility index (Phi) is 6.62. The summed E-state index contributed by atoms with van der Waals surface area (Å²) < 4.78 is 46.8. The minimum atomic E-state index is -2.88. The third kappa shape index (κ3) is 4.78. The second kappa shape index (κ2) is 9.33. The molecule has 0 amide bonds. The summed E-state index contributed by atoms with van der Waals surface area (Å²) in [6.07, 6.45) is -1.60. The van der Waals surface area contributed by atoms with Crippen LogP contribution < -0.4 is 15.0 Å². The van der Waals surface area contributed by atoms with Crippen molar-refractivity contribution in [2.45, 2.75) is 51.7 Å². The standard InChI is InChI=1S/C26H30F3N3O2/c1-15-12-20(31-16(2)17-6-5-7-18(24(17)27)25(28)29)19-13-22(23(34-4)14-21(19)30-15)32-10-8-26(3,33)9-11-32/h5-7,12-14,16,25,33H,8-11H2,1-4H3,(H,30,31)/t16-/m1/s1. The Morgan fingerprint density at radius 2 is 1.82 bits per heavy atom. The van der Waals surface area contributed by atoms with E-state index in [-0.39, 0.29) is 5.56 Å². The number of aryl methyl sites for hydroxylation is 1. The molecule has 0 aliphatic carbocycles. The molecule has 1 aromatic heterocycles. The van der Waals surface area contributed by atoms with Crippen molar-refractivity contribution in [2.24, 2.45) is 0 Å². The molecule has 0 unspecified atom stereocenters. The van der Waals surface area contributed by atoms with Crippen LogP contribution >= 0.6 is 0 Å². The average Bonchev–Trinajstić information content (AvgIpc) is 2.78. The summed E-state index contributed by atoms with van der Waals surface area (Å²) in [5.41, 5.74) is 1.97. The summed E-state index contributed by atoms with van der Waals surface area (Å²) >= 11 is 0. The van der Waals surface area contributed by atoms with E-state index in [1.54, 1.807) is 14.0 Å². The number of hydrogen-bond donors (Lipinski definition) is 2. The summed E-state index contributed by atoms with van der Waals surface area (Å²) in [7, 11) is 1.61. The first-order valence-electron chi connectivity index (χ1n) is 11.4. The number of nitrogens with one attached hydrogen (secondary N) is 1. The summed E-state index contributed by atoms with van der Waals surface area (Å²) in [5.74, 6) is -0.211. The molecule has 2 N–H and O–H groups in total. The van der Waals surface area contributed by atoms with Crippen LogP contribution in [0.1, 0.15) is 56.0 Å². The van der Waals surface area contributed by atoms with Crippen molar-refractivity contribution in [2.75, 3.05) is 30.4 Å². The van der Waals surface area contributed by atoms with E-state index in [2.05, 4.69) is 15.2 Å². The number of methoxy groups -OCH3 is 1. The lowest BCUT2D eigenvalue weighted by Crippen LogP contribution is -2.42. The van der Waals surface area contributed by atoms with E-state index in [0.717, 1.165) is 28.5 Å². The number of aliphatic hydroxyl groups is 1. The third-order valence-corrected chi connectivity index (χ3v) is 6.55. The highest BCUT2D eigenvalue weighted by Gasteiger charge is 2.29. The van der Waals surface area contributed by atoms with Gasteiger partial charge in [-0.3, -0.25) is 4.98 Å². The number of aromatic nitrogens is 1. The number of hydrogen-bond acceptors (Lipinski definition) is 5. The summed E-state index contributed by atoms with van der Waals surface area (Å²) in [6, 6.07) is 9.24. The minimum Gasteiger partial charge on any atom is -0.495 e. The van der Waals surface area contributed by atoms with Gasteiger partial charge in [0.05, 0.1) is 35.5 Å². The van der Waals surface area contributed by atoms with Gasteiger partial charge < -0.3 is 20.1 Å². The second-order valence-corrected chi connectivity index (χ2v) is 9.25. The molecule has 1 atom stereocenters. The van der Waals surface area contributed by atoms with Gasteiger partial charge in [-0.1, -0.05) is 18.2 Å². The lowest BCUT2D eigenvalue weighted by atomic mass is 9.93. The summed E-state index contributed by atoms with van der Waals surface area (Å²) in [5, 5.41) is 14.5. The molecule has 0 radical (unpaired) electrons. The van der Waals surface area contributed by atoms with E-state index < -0.39 is 29.4 Å². The van der Waals surface area contributed by atoms with Crippen LogP contribution in [0.4, 0.5) is 24.5 Å². The molecule has 2 heterocycles. The van der Waals surface area contributed by atoms with Crippen LogP contribution in [0.3, 0.4) is 0 Å². The highest BCUT2D eigenvalue weighted by molar-refractivity contribution is 5.96. The normalized spacial score (nSPS) is 16.7. The molecule has 1 fully saturated rings. The van der Waals surface area contributed by atoms with E-state index in [4.69, 9.17) is 4.74 Å². The van der Waals surface area contributed by atoms with Crippen LogP contribution in [-0.4, -0.2) is 35.9 Å². The number of rotatable bonds is 6. The fourth-order valence-electron chi connectivity index (χ4n) is 4.52. The molecule has 4 rings (SSSR count). The van der Waals surface area contributed by atoms with Crippen LogP contribution in [0.2, 0.25) is 0 Å². The van der Waals surface area contributed by atoms with Crippen molar-refractivity contribution in [3.8, 4) is 5.75 Å². The predicted molar refractivity (Wildman–Crippen MR) is 128 cm³/mol. The van der Waals surface area contributed by atoms with Gasteiger partial charge in [0.25, 0.3) is 6.43 Å². The maximum absolute atomic E-state index is 14.8. The van der Waals surface area contributed by atoms with Crippen molar-refractivity contribution in [1.29, 1.82) is 0 Å². The molecular formula is C26H30F3N3O2. The Morgan fingerprint density at radius 1 is 1.15 bits per heavy atom. The fourth-order valence-corrected chi connectivity index (χ4v) is 4.52. The highest BCUT2D eigenvalue weighted by atomic mass is 19.3. The van der Waals surface area contributed by atoms with Crippen molar-refractivity contribution in [3.05, 3.63) is 59.0 Å². The number of nitrogens with zero attached hydrogens (tertiary/aromatic N) is 2. The zero-order valence-electron chi connectivity index (χ0n) is 19.8. The van der Waals surface area contributed by atoms with Crippen LogP contribution in [-0.2, 0) is 0 Å². The number of benzene rings is 2. The summed E-state index contributed by atoms with van der Waals surface area (Å²) in [4.78, 5) is 6.81. The van der Waals surface area contributed by atoms with Crippen LogP contribution in [0.25, 0.3) is 10.9 Å². The molecular weight excluding hydrogens is 443 g/mol. The number of alkyl halides is 2. The van der Waals surface area contributed by atoms with Crippen molar-refractivity contribution < 1.29 is 23.0 Å². The predicted octanol–water partition coefficient (Wildman–Crippen LogP) is 6.15. The van der Waals surface area contributed by atoms with Gasteiger partial charge in [0.2, 0.25) is 0 Å². The molecule has 2 aromatic carbocycles. The second-order valence-electron chi connectivity index (χ2n) is 9.25. The quantitative estimate of drug-likeness (QED) is 0.450. The number of pyridine rings is 1. The number of halogens is 3. The van der Waals surface area contributed by atoms with Crippen molar-refractivity contribution >= 4 is 22.3 Å². The molecule has 182 valence electrons. The van der Waals surface area contributed by atoms with Crippen LogP contribution in [0.5, 0.6) is 5.75 Å². The Balaban J connectivity index is 1.74. The Morgan fingerprint density at radius 3 is 2.47 bits per heavy atom. The van der Waals surface area contributed by atoms with E-state index in [1.807, 2.05) is 32.0 Å². The van der Waals surface area contributed by atoms with Gasteiger partial charge >= 0.3 is 0 Å². The van der Waals surface area contributed by atoms with Crippen molar-refractivity contribution in [3.63, 3.8) is 0 Å². The molecule has 0 saturated carbocycles. The van der Waals surface area contributed by atoms with Crippen molar-refractivity contribution in [1.82, 2.24) is 4.98 Å². The monoisotopic (exact) mass is 473 g/mol. The molecule has 3 aromatic rings. The maximum atomic E-state index is 14.8. The largest absolute Gasteiger partial charge is 0.495 e. The molecule has 1 aliphatic heterocycles. The zero-order chi connectivity index (χ0) is 24.6. The van der Waals surface area contributed by atoms with Crippen LogP contribution in [0.15, 0.2) is 36.4 Å². The fraction of sp³-hybridized carbons (Fsp3) is 0.423. The Hall–Kier alpha value is -3.00. The van der Waals surface area contributed by atoms with E-state index in [9.17, 15) is 18.3 Å². The molecule has 34 heavy (non-hydrogen) atoms. The molecule has 5 nitrogen and oxygen atoms in total. The average molecular weight is 474 g/mol. The number of ether oxygens (including phenoxy) is 1. The molecule has 1 saturated heterocycles. The first kappa shape index (κ1) is 24.1. The van der Waals surface area contributed by atoms with Gasteiger partial charge in [-0.15, -0.1) is 0 Å². The van der Waals surface area contributed by atoms with Gasteiger partial charge in [-0.25, -0.2) is 13.2 Å². The summed E-state index contributed by atoms with van der Waals surface area (Å²) in [6.45, 7) is 6.81. The zero-order valence-corrected chi connectivity index (χ0v) is 19.8. The lowest BCUT2D eigenvalue weighted by molar-refractivity contribution is 0.0350. The SMILES string of the molecule is COc1cc2nc(C)cc(N[C@H](C)c3cccc(C(F)F)c3F)c2cc1N1CCC(C)(O)CC1. The first-order valence-corrected chi connectivity index (χ1v) is 11.4. The minimum absolute atomic E-state index is 0.174. The van der Waals surface area contributed by atoms with Gasteiger partial charge in [0, 0.05) is 41.5 Å². The molecule has 0 bridgehead atoms. The van der Waals surface area contributed by atoms with E-state index in [0.29, 0.717) is 37.2 Å². The lowest BCUT2D eigenvalue weighted by Gasteiger charge is -2.37. The van der Waals surface area contributed by atoms with Crippen LogP contribution in [0, 0.1) is 12.7 Å². The van der Waals surface area contributed by atoms with E-state index in [1.165, 1.54) is 12.1 Å². The Labute approximate surface area is 197 Å². The molecule has 1 aliphatic rings. The van der Waals surface area contributed by atoms with Gasteiger partial charge in [-0.2, -0.15) is 0 Å². The smallest absolute Gasteiger partial charge is 0.266 e. The highest BCUT2D eigenvalue weighted by Crippen LogP contribution is 2.39. The van der Waals surface area contributed by atoms with Gasteiger partial charge in [-0.05, 0) is 45.7 Å². The number of piperidine rings is 1.